The quantitative estimate of drug-likeness (QED) is 0.854. The van der Waals surface area contributed by atoms with Crippen molar-refractivity contribution in [3.63, 3.8) is 0 Å². The third-order valence-electron chi connectivity index (χ3n) is 4.42. The summed E-state index contributed by atoms with van der Waals surface area (Å²) in [5.74, 6) is -1.25. The molecule has 1 aromatic carbocycles. The Morgan fingerprint density at radius 2 is 2.10 bits per heavy atom. The van der Waals surface area contributed by atoms with E-state index in [1.165, 1.54) is 6.07 Å². The highest BCUT2D eigenvalue weighted by Crippen LogP contribution is 2.26. The van der Waals surface area contributed by atoms with Crippen LogP contribution in [0.2, 0.25) is 0 Å². The monoisotopic (exact) mass is 280 g/mol. The number of halogens is 2. The first kappa shape index (κ1) is 13.5. The molecule has 3 nitrogen and oxygen atoms in total. The summed E-state index contributed by atoms with van der Waals surface area (Å²) in [7, 11) is 0. The summed E-state index contributed by atoms with van der Waals surface area (Å²) >= 11 is 0. The number of benzene rings is 1. The number of carbonyl (C=O) groups excluding carboxylic acids is 1. The van der Waals surface area contributed by atoms with Crippen LogP contribution in [0.3, 0.4) is 0 Å². The van der Waals surface area contributed by atoms with Gasteiger partial charge in [0.15, 0.2) is 0 Å². The molecule has 0 bridgehead atoms. The van der Waals surface area contributed by atoms with Gasteiger partial charge in [-0.2, -0.15) is 0 Å². The van der Waals surface area contributed by atoms with Gasteiger partial charge in [-0.15, -0.1) is 0 Å². The number of likely N-dealkylation sites (tertiary alicyclic amines) is 1. The standard InChI is InChI=1S/C15H18F2N2O/c1-9-6-11(13(17)7-12(9)16)15(20)19-5-3-14-10(8-19)2-4-18-14/h6-7,10,14,18H,2-5,8H2,1H3. The van der Waals surface area contributed by atoms with Crippen molar-refractivity contribution in [2.24, 2.45) is 5.92 Å². The minimum Gasteiger partial charge on any atom is -0.338 e. The van der Waals surface area contributed by atoms with Crippen LogP contribution in [0.25, 0.3) is 0 Å². The first-order valence-electron chi connectivity index (χ1n) is 7.04. The molecule has 1 N–H and O–H groups in total. The number of amides is 1. The van der Waals surface area contributed by atoms with E-state index in [2.05, 4.69) is 5.32 Å². The van der Waals surface area contributed by atoms with Crippen LogP contribution in [0.15, 0.2) is 12.1 Å². The molecule has 0 aliphatic carbocycles. The summed E-state index contributed by atoms with van der Waals surface area (Å²) in [5.41, 5.74) is 0.278. The number of piperidine rings is 1. The number of hydrogen-bond acceptors (Lipinski definition) is 2. The molecule has 0 spiro atoms. The Morgan fingerprint density at radius 3 is 2.90 bits per heavy atom. The Hall–Kier alpha value is -1.49. The third kappa shape index (κ3) is 2.30. The van der Waals surface area contributed by atoms with Crippen LogP contribution in [0.1, 0.15) is 28.8 Å². The number of rotatable bonds is 1. The fourth-order valence-corrected chi connectivity index (χ4v) is 3.22. The molecule has 0 saturated carbocycles. The zero-order valence-corrected chi connectivity index (χ0v) is 11.5. The van der Waals surface area contributed by atoms with Crippen LogP contribution in [0.4, 0.5) is 8.78 Å². The maximum atomic E-state index is 13.8. The minimum atomic E-state index is -0.773. The van der Waals surface area contributed by atoms with Gasteiger partial charge in [-0.05, 0) is 43.9 Å². The summed E-state index contributed by atoms with van der Waals surface area (Å²) in [6.45, 7) is 3.81. The smallest absolute Gasteiger partial charge is 0.256 e. The molecule has 2 fully saturated rings. The van der Waals surface area contributed by atoms with Gasteiger partial charge in [-0.3, -0.25) is 4.79 Å². The summed E-state index contributed by atoms with van der Waals surface area (Å²) in [6.07, 6.45) is 1.96. The van der Waals surface area contributed by atoms with Gasteiger partial charge >= 0.3 is 0 Å². The predicted molar refractivity (Wildman–Crippen MR) is 71.5 cm³/mol. The zero-order valence-electron chi connectivity index (χ0n) is 11.5. The lowest BCUT2D eigenvalue weighted by molar-refractivity contribution is 0.0657. The molecule has 0 radical (unpaired) electrons. The minimum absolute atomic E-state index is 0.0201. The molecule has 2 heterocycles. The molecule has 2 atom stereocenters. The highest BCUT2D eigenvalue weighted by atomic mass is 19.1. The summed E-state index contributed by atoms with van der Waals surface area (Å²) in [6, 6.07) is 2.59. The van der Waals surface area contributed by atoms with Gasteiger partial charge in [0, 0.05) is 25.2 Å². The molecule has 2 unspecified atom stereocenters. The lowest BCUT2D eigenvalue weighted by atomic mass is 9.93. The van der Waals surface area contributed by atoms with E-state index in [0.717, 1.165) is 25.5 Å². The van der Waals surface area contributed by atoms with Crippen molar-refractivity contribution in [1.29, 1.82) is 0 Å². The van der Waals surface area contributed by atoms with E-state index < -0.39 is 11.6 Å². The van der Waals surface area contributed by atoms with E-state index in [-0.39, 0.29) is 11.5 Å². The second-order valence-electron chi connectivity index (χ2n) is 5.73. The maximum absolute atomic E-state index is 13.8. The van der Waals surface area contributed by atoms with Crippen LogP contribution in [0.5, 0.6) is 0 Å². The zero-order chi connectivity index (χ0) is 14.3. The molecule has 2 saturated heterocycles. The molecule has 1 amide bonds. The molecule has 1 aromatic rings. The van der Waals surface area contributed by atoms with Gasteiger partial charge in [0.1, 0.15) is 11.6 Å². The van der Waals surface area contributed by atoms with Gasteiger partial charge in [-0.1, -0.05) is 0 Å². The Balaban J connectivity index is 1.80. The molecule has 0 aromatic heterocycles. The normalized spacial score (nSPS) is 25.6. The van der Waals surface area contributed by atoms with Crippen molar-refractivity contribution in [3.8, 4) is 0 Å². The first-order valence-corrected chi connectivity index (χ1v) is 7.04. The van der Waals surface area contributed by atoms with Gasteiger partial charge in [0.2, 0.25) is 0 Å². The van der Waals surface area contributed by atoms with Crippen LogP contribution in [-0.4, -0.2) is 36.5 Å². The summed E-state index contributed by atoms with van der Waals surface area (Å²) < 4.78 is 27.1. The van der Waals surface area contributed by atoms with E-state index in [0.29, 0.717) is 30.6 Å². The number of hydrogen-bond donors (Lipinski definition) is 1. The second-order valence-corrected chi connectivity index (χ2v) is 5.73. The Morgan fingerprint density at radius 1 is 1.30 bits per heavy atom. The highest BCUT2D eigenvalue weighted by molar-refractivity contribution is 5.94. The van der Waals surface area contributed by atoms with Crippen molar-refractivity contribution >= 4 is 5.91 Å². The number of fused-ring (bicyclic) bond motifs is 1. The topological polar surface area (TPSA) is 32.3 Å². The fraction of sp³-hybridized carbons (Fsp3) is 0.533. The third-order valence-corrected chi connectivity index (χ3v) is 4.42. The van der Waals surface area contributed by atoms with E-state index in [4.69, 9.17) is 0 Å². The molecule has 3 rings (SSSR count). The average molecular weight is 280 g/mol. The number of carbonyl (C=O) groups is 1. The van der Waals surface area contributed by atoms with Gasteiger partial charge in [0.25, 0.3) is 5.91 Å². The molecule has 5 heteroatoms. The number of nitrogens with one attached hydrogen (secondary N) is 1. The largest absolute Gasteiger partial charge is 0.338 e. The van der Waals surface area contributed by atoms with E-state index in [1.54, 1.807) is 11.8 Å². The van der Waals surface area contributed by atoms with Crippen LogP contribution in [-0.2, 0) is 0 Å². The SMILES string of the molecule is Cc1cc(C(=O)N2CCC3NCCC3C2)c(F)cc1F. The summed E-state index contributed by atoms with van der Waals surface area (Å²) in [4.78, 5) is 14.1. The molecular formula is C15H18F2N2O. The maximum Gasteiger partial charge on any atom is 0.256 e. The fourth-order valence-electron chi connectivity index (χ4n) is 3.22. The van der Waals surface area contributed by atoms with E-state index >= 15 is 0 Å². The first-order chi connectivity index (χ1) is 9.56. The molecule has 108 valence electrons. The highest BCUT2D eigenvalue weighted by Gasteiger charge is 2.35. The van der Waals surface area contributed by atoms with E-state index in [9.17, 15) is 13.6 Å². The van der Waals surface area contributed by atoms with Crippen molar-refractivity contribution < 1.29 is 13.6 Å². The van der Waals surface area contributed by atoms with E-state index in [1.807, 2.05) is 0 Å². The van der Waals surface area contributed by atoms with Crippen molar-refractivity contribution in [1.82, 2.24) is 10.2 Å². The Bertz CT molecular complexity index is 547. The van der Waals surface area contributed by atoms with Crippen LogP contribution < -0.4 is 5.32 Å². The average Bonchev–Trinajstić information content (AvgIpc) is 2.89. The van der Waals surface area contributed by atoms with Gasteiger partial charge in [0.05, 0.1) is 5.56 Å². The van der Waals surface area contributed by atoms with Crippen LogP contribution in [0, 0.1) is 24.5 Å². The lowest BCUT2D eigenvalue weighted by Crippen LogP contribution is -2.47. The molecule has 2 aliphatic rings. The predicted octanol–water partition coefficient (Wildman–Crippen LogP) is 2.10. The van der Waals surface area contributed by atoms with Gasteiger partial charge in [-0.25, -0.2) is 8.78 Å². The van der Waals surface area contributed by atoms with Crippen molar-refractivity contribution in [2.45, 2.75) is 25.8 Å². The summed E-state index contributed by atoms with van der Waals surface area (Å²) in [5, 5.41) is 3.42. The Labute approximate surface area is 117 Å². The second kappa shape index (κ2) is 5.13. The van der Waals surface area contributed by atoms with Crippen molar-refractivity contribution in [3.05, 3.63) is 34.9 Å². The molecular weight excluding hydrogens is 262 g/mol. The van der Waals surface area contributed by atoms with Gasteiger partial charge < -0.3 is 10.2 Å². The number of nitrogens with zero attached hydrogens (tertiary/aromatic N) is 1. The van der Waals surface area contributed by atoms with Crippen molar-refractivity contribution in [2.75, 3.05) is 19.6 Å². The Kier molecular flexibility index (Phi) is 3.46. The lowest BCUT2D eigenvalue weighted by Gasteiger charge is -2.35. The number of aryl methyl sites for hydroxylation is 1. The molecule has 2 aliphatic heterocycles. The molecule has 20 heavy (non-hydrogen) atoms. The van der Waals surface area contributed by atoms with Crippen LogP contribution >= 0.6 is 0 Å².